The molecule has 20 heteroatoms. The smallest absolute Gasteiger partial charge is 0.481 e. The number of H-pyrrole nitrogens is 1. The van der Waals surface area contributed by atoms with Gasteiger partial charge in [-0.2, -0.15) is 0 Å². The number of fused-ring (bicyclic) bond motifs is 1. The molecule has 7 atom stereocenters. The Morgan fingerprint density at radius 1 is 0.895 bits per heavy atom. The zero-order valence-electron chi connectivity index (χ0n) is 32.5. The van der Waals surface area contributed by atoms with Crippen LogP contribution in [0.3, 0.4) is 0 Å². The first-order valence-corrected chi connectivity index (χ1v) is 20.4. The predicted octanol–water partition coefficient (Wildman–Crippen LogP) is 3.02. The molecule has 2 aliphatic heterocycles. The van der Waals surface area contributed by atoms with Crippen LogP contribution in [0.1, 0.15) is 90.9 Å². The summed E-state index contributed by atoms with van der Waals surface area (Å²) < 4.78 is 49.8. The van der Waals surface area contributed by atoms with Crippen molar-refractivity contribution < 1.29 is 61.7 Å². The van der Waals surface area contributed by atoms with E-state index >= 15 is 0 Å². The lowest BCUT2D eigenvalue weighted by atomic mass is 9.96. The molecule has 3 heterocycles. The number of aryl methyl sites for hydroxylation is 1. The fraction of sp³-hybridized carbons (Fsp3) is 0.622. The Labute approximate surface area is 329 Å². The highest BCUT2D eigenvalue weighted by molar-refractivity contribution is 7.49. The van der Waals surface area contributed by atoms with Crippen LogP contribution in [0.2, 0.25) is 0 Å². The van der Waals surface area contributed by atoms with Crippen LogP contribution >= 0.6 is 7.82 Å². The van der Waals surface area contributed by atoms with Gasteiger partial charge in [-0.3, -0.25) is 28.5 Å². The molecule has 5 N–H and O–H groups in total. The molecule has 57 heavy (non-hydrogen) atoms. The molecule has 0 amide bonds. The maximum atomic E-state index is 14.4. The Bertz CT molecular complexity index is 1850. The zero-order chi connectivity index (χ0) is 41.8. The van der Waals surface area contributed by atoms with Gasteiger partial charge in [0.1, 0.15) is 29.9 Å². The summed E-state index contributed by atoms with van der Waals surface area (Å²) in [7, 11) is -5.36. The van der Waals surface area contributed by atoms with Gasteiger partial charge in [0.25, 0.3) is 5.56 Å². The second-order valence-electron chi connectivity index (χ2n) is 14.5. The van der Waals surface area contributed by atoms with Crippen LogP contribution in [0.5, 0.6) is 0 Å². The van der Waals surface area contributed by atoms with Gasteiger partial charge in [0, 0.05) is 12.3 Å². The number of nitrogens with one attached hydrogen (secondary N) is 3. The number of benzene rings is 1. The van der Waals surface area contributed by atoms with Crippen LogP contribution in [0.15, 0.2) is 52.2 Å². The lowest BCUT2D eigenvalue weighted by Gasteiger charge is -2.30. The largest absolute Gasteiger partial charge is 0.592 e. The topological polar surface area (TPSA) is 260 Å². The van der Waals surface area contributed by atoms with Crippen molar-refractivity contribution in [3.8, 4) is 0 Å². The number of hydrogen-bond acceptors (Lipinski definition) is 15. The van der Waals surface area contributed by atoms with Gasteiger partial charge >= 0.3 is 37.4 Å². The van der Waals surface area contributed by atoms with Gasteiger partial charge < -0.3 is 44.1 Å². The number of unbranched alkanes of at least 4 members (excludes halogenated alkanes) is 4. The standard InChI is InChI=1S/C37H53N4O15P/c1-5-6-12-18-38-25(21-29(43)44)32(47)54-57(50,55-33(48)26(22-30(45)46)39-19-13-8-11-16-24-14-9-7-10-15-24)51-23-27-31-37(4,56-36(2,3)53-31)34(52-27)41-20-17-28(42)40-35(41)49/h7,9-10,14-15,17,20,25-27,31,34,38-39H,5-6,8,11-13,16,18-19,21-23H2,1-4H3,(H,43,44)(H,45,46)(H,40,42,49)/t25-,26-,27+,31+,34+,37+,57?/m0/s1. The molecule has 2 aliphatic rings. The molecule has 2 aromatic rings. The van der Waals surface area contributed by atoms with Crippen LogP contribution in [-0.4, -0.2) is 99.0 Å². The highest BCUT2D eigenvalue weighted by Crippen LogP contribution is 2.54. The van der Waals surface area contributed by atoms with Crippen LogP contribution in [0, 0.1) is 0 Å². The summed E-state index contributed by atoms with van der Waals surface area (Å²) in [6, 6.07) is 7.84. The molecule has 2 fully saturated rings. The summed E-state index contributed by atoms with van der Waals surface area (Å²) in [5.74, 6) is -6.76. The van der Waals surface area contributed by atoms with Gasteiger partial charge in [-0.05, 0) is 65.1 Å². The molecule has 1 aromatic carbocycles. The molecule has 0 saturated carbocycles. The summed E-state index contributed by atoms with van der Waals surface area (Å²) in [6.45, 7) is 6.36. The molecule has 1 aromatic heterocycles. The number of carboxylic acids is 2. The fourth-order valence-electron chi connectivity index (χ4n) is 6.74. The van der Waals surface area contributed by atoms with E-state index in [1.165, 1.54) is 6.20 Å². The normalized spacial score (nSPS) is 23.2. The maximum absolute atomic E-state index is 14.4. The van der Waals surface area contributed by atoms with Crippen molar-refractivity contribution in [1.82, 2.24) is 20.2 Å². The molecule has 0 bridgehead atoms. The van der Waals surface area contributed by atoms with Crippen LogP contribution in [0.25, 0.3) is 0 Å². The number of aromatic nitrogens is 2. The van der Waals surface area contributed by atoms with Crippen LogP contribution in [-0.2, 0) is 57.9 Å². The van der Waals surface area contributed by atoms with Gasteiger partial charge in [-0.1, -0.05) is 56.5 Å². The third kappa shape index (κ3) is 13.1. The Morgan fingerprint density at radius 2 is 1.49 bits per heavy atom. The molecule has 19 nitrogen and oxygen atoms in total. The summed E-state index contributed by atoms with van der Waals surface area (Å²) in [5, 5.41) is 24.7. The molecular weight excluding hydrogens is 771 g/mol. The number of carbonyl (C=O) groups is 4. The van der Waals surface area contributed by atoms with Crippen molar-refractivity contribution >= 4 is 31.7 Å². The van der Waals surface area contributed by atoms with Crippen molar-refractivity contribution in [2.45, 2.75) is 127 Å². The SMILES string of the molecule is CCCCCN[C@@H](CC(=O)O)C(=O)OP(=O)(OC[C@H]1O[C@@H](n2ccc(=O)[nH]c2=O)[C@]2(C)OC(C)(C)O[C@H]12)OC(=O)[C@H](CC(=O)O)NCCCCCc1ccccc1. The van der Waals surface area contributed by atoms with Gasteiger partial charge in [-0.15, -0.1) is 0 Å². The molecule has 0 aliphatic carbocycles. The van der Waals surface area contributed by atoms with E-state index in [1.807, 2.05) is 37.3 Å². The quantitative estimate of drug-likeness (QED) is 0.0753. The molecular formula is C37H53N4O15P. The zero-order valence-corrected chi connectivity index (χ0v) is 33.4. The summed E-state index contributed by atoms with van der Waals surface area (Å²) in [6.07, 6.45) is 1.22. The summed E-state index contributed by atoms with van der Waals surface area (Å²) in [4.78, 5) is 77.2. The predicted molar refractivity (Wildman–Crippen MR) is 201 cm³/mol. The summed E-state index contributed by atoms with van der Waals surface area (Å²) in [5.41, 5.74) is -1.75. The van der Waals surface area contributed by atoms with Crippen molar-refractivity contribution in [2.75, 3.05) is 19.7 Å². The van der Waals surface area contributed by atoms with Crippen molar-refractivity contribution in [3.05, 3.63) is 69.0 Å². The number of hydrogen-bond donors (Lipinski definition) is 5. The number of carbonyl (C=O) groups excluding carboxylic acids is 2. The van der Waals surface area contributed by atoms with E-state index in [1.54, 1.807) is 20.8 Å². The monoisotopic (exact) mass is 824 g/mol. The minimum absolute atomic E-state index is 0.184. The minimum Gasteiger partial charge on any atom is -0.481 e. The third-order valence-corrected chi connectivity index (χ3v) is 10.6. The van der Waals surface area contributed by atoms with Crippen molar-refractivity contribution in [1.29, 1.82) is 0 Å². The fourth-order valence-corrected chi connectivity index (χ4v) is 7.90. The molecule has 0 spiro atoms. The maximum Gasteiger partial charge on any atom is 0.592 e. The Morgan fingerprint density at radius 3 is 2.05 bits per heavy atom. The van der Waals surface area contributed by atoms with Gasteiger partial charge in [-0.25, -0.2) is 18.9 Å². The number of carboxylic acid groups (broad SMARTS) is 2. The lowest BCUT2D eigenvalue weighted by Crippen LogP contribution is -2.45. The second-order valence-corrected chi connectivity index (χ2v) is 16.1. The third-order valence-electron chi connectivity index (χ3n) is 9.35. The van der Waals surface area contributed by atoms with E-state index in [2.05, 4.69) is 15.6 Å². The van der Waals surface area contributed by atoms with E-state index in [0.717, 1.165) is 48.3 Å². The highest BCUT2D eigenvalue weighted by atomic mass is 31.2. The Hall–Kier alpha value is -4.23. The Balaban J connectivity index is 1.54. The Kier molecular flexibility index (Phi) is 16.3. The number of nitrogens with zero attached hydrogens (tertiary/aromatic N) is 1. The first-order valence-electron chi connectivity index (χ1n) is 19.0. The molecule has 2 saturated heterocycles. The molecule has 316 valence electrons. The van der Waals surface area contributed by atoms with Crippen LogP contribution in [0.4, 0.5) is 0 Å². The highest BCUT2D eigenvalue weighted by Gasteiger charge is 2.64. The van der Waals surface area contributed by atoms with Gasteiger partial charge in [0.2, 0.25) is 0 Å². The average Bonchev–Trinajstić information content (AvgIpc) is 3.53. The number of phosphoric acid groups is 1. The van der Waals surface area contributed by atoms with Crippen molar-refractivity contribution in [3.63, 3.8) is 0 Å². The number of rotatable bonds is 24. The molecule has 0 radical (unpaired) electrons. The average molecular weight is 825 g/mol. The number of phosphoric ester groups is 1. The van der Waals surface area contributed by atoms with E-state index < -0.39 is 104 Å². The van der Waals surface area contributed by atoms with E-state index in [9.17, 15) is 43.5 Å². The number of aliphatic carboxylic acids is 2. The molecule has 1 unspecified atom stereocenters. The number of aromatic amines is 1. The van der Waals surface area contributed by atoms with E-state index in [4.69, 9.17) is 27.8 Å². The number of ether oxygens (including phenoxy) is 3. The minimum atomic E-state index is -5.36. The molecule has 4 rings (SSSR count). The van der Waals surface area contributed by atoms with E-state index in [0.29, 0.717) is 12.8 Å². The summed E-state index contributed by atoms with van der Waals surface area (Å²) >= 11 is 0. The first kappa shape index (κ1) is 45.5. The van der Waals surface area contributed by atoms with Crippen LogP contribution < -0.4 is 21.9 Å². The second kappa shape index (κ2) is 20.5. The lowest BCUT2D eigenvalue weighted by molar-refractivity contribution is -0.218. The van der Waals surface area contributed by atoms with Gasteiger partial charge in [0.15, 0.2) is 12.0 Å². The van der Waals surface area contributed by atoms with Gasteiger partial charge in [0.05, 0.1) is 19.4 Å². The van der Waals surface area contributed by atoms with E-state index in [-0.39, 0.29) is 13.1 Å². The van der Waals surface area contributed by atoms with Crippen molar-refractivity contribution in [2.24, 2.45) is 0 Å². The first-order chi connectivity index (χ1) is 26.9.